The molecule has 0 saturated carbocycles. The molecule has 2 heterocycles. The highest BCUT2D eigenvalue weighted by atomic mass is 35.5. The molecule has 4 heteroatoms. The van der Waals surface area contributed by atoms with Crippen molar-refractivity contribution in [3.8, 4) is 0 Å². The van der Waals surface area contributed by atoms with Crippen molar-refractivity contribution in [2.75, 3.05) is 25.5 Å². The zero-order valence-electron chi connectivity index (χ0n) is 11.2. The maximum atomic E-state index is 6.23. The summed E-state index contributed by atoms with van der Waals surface area (Å²) in [5, 5.41) is 3.83. The summed E-state index contributed by atoms with van der Waals surface area (Å²) in [6, 6.07) is 3.84. The Morgan fingerprint density at radius 1 is 1.50 bits per heavy atom. The van der Waals surface area contributed by atoms with Gasteiger partial charge in [-0.2, -0.15) is 0 Å². The third kappa shape index (κ3) is 3.36. The molecule has 100 valence electrons. The zero-order chi connectivity index (χ0) is 13.0. The minimum atomic E-state index is 0.771. The molecular weight excluding hydrogens is 246 g/mol. The summed E-state index contributed by atoms with van der Waals surface area (Å²) in [4.78, 5) is 7.03. The van der Waals surface area contributed by atoms with Crippen molar-refractivity contribution < 1.29 is 0 Å². The SMILES string of the molecule is CCC1CCCN(Cc2nc(NC)ccc2Cl)C1. The van der Waals surface area contributed by atoms with E-state index in [-0.39, 0.29) is 0 Å². The van der Waals surface area contributed by atoms with Gasteiger partial charge in [0.2, 0.25) is 0 Å². The topological polar surface area (TPSA) is 28.2 Å². The smallest absolute Gasteiger partial charge is 0.126 e. The van der Waals surface area contributed by atoms with E-state index in [1.807, 2.05) is 19.2 Å². The molecule has 1 aromatic heterocycles. The Bertz CT molecular complexity index is 395. The van der Waals surface area contributed by atoms with Crippen LogP contribution in [-0.4, -0.2) is 30.0 Å². The maximum Gasteiger partial charge on any atom is 0.126 e. The number of likely N-dealkylation sites (tertiary alicyclic amines) is 1. The lowest BCUT2D eigenvalue weighted by atomic mass is 9.95. The highest BCUT2D eigenvalue weighted by molar-refractivity contribution is 6.31. The lowest BCUT2D eigenvalue weighted by molar-refractivity contribution is 0.163. The van der Waals surface area contributed by atoms with Crippen LogP contribution in [-0.2, 0) is 6.54 Å². The van der Waals surface area contributed by atoms with Crippen LogP contribution in [0.25, 0.3) is 0 Å². The number of pyridine rings is 1. The maximum absolute atomic E-state index is 6.23. The van der Waals surface area contributed by atoms with Gasteiger partial charge in [0.05, 0.1) is 10.7 Å². The van der Waals surface area contributed by atoms with Crippen LogP contribution >= 0.6 is 11.6 Å². The number of piperidine rings is 1. The minimum absolute atomic E-state index is 0.771. The van der Waals surface area contributed by atoms with E-state index in [1.54, 1.807) is 0 Å². The van der Waals surface area contributed by atoms with Crippen molar-refractivity contribution in [3.63, 3.8) is 0 Å². The molecule has 1 aromatic rings. The molecule has 1 aliphatic heterocycles. The van der Waals surface area contributed by atoms with Gasteiger partial charge in [-0.05, 0) is 37.4 Å². The van der Waals surface area contributed by atoms with Gasteiger partial charge in [-0.15, -0.1) is 0 Å². The van der Waals surface area contributed by atoms with Crippen LogP contribution in [0.15, 0.2) is 12.1 Å². The van der Waals surface area contributed by atoms with Crippen molar-refractivity contribution in [2.45, 2.75) is 32.7 Å². The summed E-state index contributed by atoms with van der Waals surface area (Å²) in [5.74, 6) is 1.73. The van der Waals surface area contributed by atoms with E-state index in [4.69, 9.17) is 11.6 Å². The monoisotopic (exact) mass is 267 g/mol. The van der Waals surface area contributed by atoms with Crippen LogP contribution < -0.4 is 5.32 Å². The van der Waals surface area contributed by atoms with Crippen LogP contribution in [0.2, 0.25) is 5.02 Å². The fourth-order valence-electron chi connectivity index (χ4n) is 2.57. The number of hydrogen-bond donors (Lipinski definition) is 1. The largest absolute Gasteiger partial charge is 0.373 e. The van der Waals surface area contributed by atoms with Crippen molar-refractivity contribution >= 4 is 17.4 Å². The quantitative estimate of drug-likeness (QED) is 0.906. The third-order valence-corrected chi connectivity index (χ3v) is 4.07. The lowest BCUT2D eigenvalue weighted by Crippen LogP contribution is -2.35. The number of hydrogen-bond acceptors (Lipinski definition) is 3. The Hall–Kier alpha value is -0.800. The summed E-state index contributed by atoms with van der Waals surface area (Å²) >= 11 is 6.23. The first-order chi connectivity index (χ1) is 8.72. The Kier molecular flexibility index (Phi) is 4.84. The van der Waals surface area contributed by atoms with Crippen molar-refractivity contribution in [2.24, 2.45) is 5.92 Å². The molecule has 0 bridgehead atoms. The van der Waals surface area contributed by atoms with Gasteiger partial charge in [0.1, 0.15) is 5.82 Å². The van der Waals surface area contributed by atoms with Crippen LogP contribution in [0.1, 0.15) is 31.9 Å². The summed E-state index contributed by atoms with van der Waals surface area (Å²) in [5.41, 5.74) is 0.986. The van der Waals surface area contributed by atoms with Gasteiger partial charge >= 0.3 is 0 Å². The highest BCUT2D eigenvalue weighted by Gasteiger charge is 2.19. The van der Waals surface area contributed by atoms with Crippen LogP contribution in [0.3, 0.4) is 0 Å². The molecule has 1 fully saturated rings. The second-order valence-corrected chi connectivity index (χ2v) is 5.43. The van der Waals surface area contributed by atoms with Gasteiger partial charge < -0.3 is 5.32 Å². The zero-order valence-corrected chi connectivity index (χ0v) is 12.0. The number of aromatic nitrogens is 1. The molecule has 0 aliphatic carbocycles. The first kappa shape index (κ1) is 13.6. The van der Waals surface area contributed by atoms with Gasteiger partial charge in [-0.25, -0.2) is 4.98 Å². The normalized spacial score (nSPS) is 20.9. The van der Waals surface area contributed by atoms with E-state index in [0.29, 0.717) is 0 Å². The van der Waals surface area contributed by atoms with Crippen molar-refractivity contribution in [1.82, 2.24) is 9.88 Å². The van der Waals surface area contributed by atoms with Crippen molar-refractivity contribution in [3.05, 3.63) is 22.8 Å². The molecular formula is C14H22ClN3. The lowest BCUT2D eigenvalue weighted by Gasteiger charge is -2.32. The number of halogens is 1. The number of nitrogens with zero attached hydrogens (tertiary/aromatic N) is 2. The van der Waals surface area contributed by atoms with Crippen molar-refractivity contribution in [1.29, 1.82) is 0 Å². The Labute approximate surface area is 115 Å². The average molecular weight is 268 g/mol. The molecule has 0 radical (unpaired) electrons. The first-order valence-electron chi connectivity index (χ1n) is 6.78. The van der Waals surface area contributed by atoms with E-state index in [0.717, 1.165) is 35.5 Å². The second kappa shape index (κ2) is 6.39. The van der Waals surface area contributed by atoms with Gasteiger partial charge in [-0.1, -0.05) is 24.9 Å². The molecule has 0 amide bonds. The second-order valence-electron chi connectivity index (χ2n) is 5.03. The number of nitrogens with one attached hydrogen (secondary N) is 1. The Morgan fingerprint density at radius 3 is 3.06 bits per heavy atom. The Balaban J connectivity index is 2.04. The molecule has 0 spiro atoms. The van der Waals surface area contributed by atoms with Crippen LogP contribution in [0, 0.1) is 5.92 Å². The van der Waals surface area contributed by atoms with Crippen LogP contribution in [0.4, 0.5) is 5.82 Å². The molecule has 1 unspecified atom stereocenters. The van der Waals surface area contributed by atoms with E-state index < -0.39 is 0 Å². The predicted octanol–water partition coefficient (Wildman–Crippen LogP) is 3.40. The number of rotatable bonds is 4. The van der Waals surface area contributed by atoms with Gasteiger partial charge in [-0.3, -0.25) is 4.90 Å². The van der Waals surface area contributed by atoms with E-state index in [1.165, 1.54) is 25.8 Å². The molecule has 1 atom stereocenters. The average Bonchev–Trinajstić information content (AvgIpc) is 2.41. The summed E-state index contributed by atoms with van der Waals surface area (Å²) in [7, 11) is 1.88. The van der Waals surface area contributed by atoms with Gasteiger partial charge in [0.15, 0.2) is 0 Å². The third-order valence-electron chi connectivity index (χ3n) is 3.73. The fraction of sp³-hybridized carbons (Fsp3) is 0.643. The standard InChI is InChI=1S/C14H22ClN3/c1-3-11-5-4-8-18(9-11)10-13-12(15)6-7-14(16-2)17-13/h6-7,11H,3-5,8-10H2,1-2H3,(H,16,17). The molecule has 18 heavy (non-hydrogen) atoms. The highest BCUT2D eigenvalue weighted by Crippen LogP contribution is 2.23. The van der Waals surface area contributed by atoms with Gasteiger partial charge in [0.25, 0.3) is 0 Å². The molecule has 1 N–H and O–H groups in total. The summed E-state index contributed by atoms with van der Waals surface area (Å²) < 4.78 is 0. The fourth-order valence-corrected chi connectivity index (χ4v) is 2.74. The molecule has 0 aromatic carbocycles. The minimum Gasteiger partial charge on any atom is -0.373 e. The van der Waals surface area contributed by atoms with Gasteiger partial charge in [0, 0.05) is 20.1 Å². The molecule has 1 aliphatic rings. The summed E-state index contributed by atoms with van der Waals surface area (Å²) in [6.07, 6.45) is 3.93. The molecule has 2 rings (SSSR count). The summed E-state index contributed by atoms with van der Waals surface area (Å²) in [6.45, 7) is 5.49. The van der Waals surface area contributed by atoms with E-state index in [9.17, 15) is 0 Å². The predicted molar refractivity (Wildman–Crippen MR) is 77.1 cm³/mol. The Morgan fingerprint density at radius 2 is 2.33 bits per heavy atom. The van der Waals surface area contributed by atoms with E-state index >= 15 is 0 Å². The number of anilines is 1. The molecule has 3 nitrogen and oxygen atoms in total. The first-order valence-corrected chi connectivity index (χ1v) is 7.16. The van der Waals surface area contributed by atoms with Crippen LogP contribution in [0.5, 0.6) is 0 Å². The molecule has 1 saturated heterocycles. The van der Waals surface area contributed by atoms with E-state index in [2.05, 4.69) is 22.1 Å².